The van der Waals surface area contributed by atoms with Gasteiger partial charge in [-0.3, -0.25) is 14.4 Å². The van der Waals surface area contributed by atoms with Gasteiger partial charge in [0.25, 0.3) is 0 Å². The molecule has 5 rings (SSSR count). The third-order valence-corrected chi connectivity index (χ3v) is 8.40. The van der Waals surface area contributed by atoms with E-state index in [2.05, 4.69) is 33.2 Å². The molecule has 9 heteroatoms. The summed E-state index contributed by atoms with van der Waals surface area (Å²) in [5.74, 6) is 0.224. The topological polar surface area (TPSA) is 91.3 Å². The number of ether oxygens (including phenoxy) is 1. The van der Waals surface area contributed by atoms with Gasteiger partial charge >= 0.3 is 5.97 Å². The minimum absolute atomic E-state index is 0.0982. The second-order valence-electron chi connectivity index (χ2n) is 10.1. The van der Waals surface area contributed by atoms with Gasteiger partial charge in [-0.05, 0) is 30.2 Å². The van der Waals surface area contributed by atoms with Crippen LogP contribution in [0.1, 0.15) is 30.4 Å². The highest BCUT2D eigenvalue weighted by atomic mass is 32.2. The number of aliphatic imine (C=N–C) groups is 1. The molecule has 0 bridgehead atoms. The van der Waals surface area contributed by atoms with Crippen molar-refractivity contribution in [3.63, 3.8) is 0 Å². The number of hydrogen-bond acceptors (Lipinski definition) is 7. The third kappa shape index (κ3) is 7.16. The zero-order valence-corrected chi connectivity index (χ0v) is 23.9. The van der Waals surface area contributed by atoms with Crippen LogP contribution in [0.4, 0.5) is 5.69 Å². The van der Waals surface area contributed by atoms with Crippen molar-refractivity contribution in [2.24, 2.45) is 4.99 Å². The van der Waals surface area contributed by atoms with Crippen LogP contribution in [-0.4, -0.2) is 72.7 Å². The van der Waals surface area contributed by atoms with Gasteiger partial charge in [0.15, 0.2) is 0 Å². The van der Waals surface area contributed by atoms with Crippen LogP contribution in [0.5, 0.6) is 0 Å². The van der Waals surface area contributed by atoms with Crippen LogP contribution >= 0.6 is 11.8 Å². The zero-order valence-electron chi connectivity index (χ0n) is 23.1. The minimum Gasteiger partial charge on any atom is -0.469 e. The number of benzene rings is 3. The van der Waals surface area contributed by atoms with E-state index >= 15 is 0 Å². The Balaban J connectivity index is 1.28. The summed E-state index contributed by atoms with van der Waals surface area (Å²) in [4.78, 5) is 49.4. The van der Waals surface area contributed by atoms with Crippen molar-refractivity contribution >= 4 is 41.1 Å². The number of amides is 2. The van der Waals surface area contributed by atoms with Gasteiger partial charge < -0.3 is 19.9 Å². The summed E-state index contributed by atoms with van der Waals surface area (Å²) in [5.41, 5.74) is 3.01. The van der Waals surface area contributed by atoms with Crippen LogP contribution in [0.15, 0.2) is 93.6 Å². The predicted molar refractivity (Wildman–Crippen MR) is 159 cm³/mol. The van der Waals surface area contributed by atoms with Crippen molar-refractivity contribution in [2.45, 2.75) is 41.5 Å². The molecule has 2 aliphatic rings. The molecule has 0 aliphatic carbocycles. The van der Waals surface area contributed by atoms with Crippen molar-refractivity contribution in [1.29, 1.82) is 0 Å². The highest BCUT2D eigenvalue weighted by Gasteiger charge is 2.31. The average molecular weight is 571 g/mol. The molecule has 1 saturated heterocycles. The van der Waals surface area contributed by atoms with Gasteiger partial charge in [0, 0.05) is 60.8 Å². The fourth-order valence-electron chi connectivity index (χ4n) is 5.08. The molecule has 1 N–H and O–H groups in total. The van der Waals surface area contributed by atoms with Gasteiger partial charge in [-0.1, -0.05) is 72.4 Å². The number of carbonyl (C=O) groups is 3. The number of carbonyl (C=O) groups excluding carboxylic acids is 3. The number of piperazine rings is 1. The van der Waals surface area contributed by atoms with Crippen LogP contribution in [0, 0.1) is 0 Å². The zero-order chi connectivity index (χ0) is 28.6. The number of esters is 1. The van der Waals surface area contributed by atoms with Crippen LogP contribution < -0.4 is 5.32 Å². The Kier molecular flexibility index (Phi) is 9.36. The molecule has 0 radical (unpaired) electrons. The Morgan fingerprint density at radius 3 is 2.32 bits per heavy atom. The van der Waals surface area contributed by atoms with E-state index < -0.39 is 6.04 Å². The fourth-order valence-corrected chi connectivity index (χ4v) is 6.10. The Hall–Kier alpha value is -4.11. The number of rotatable bonds is 8. The summed E-state index contributed by atoms with van der Waals surface area (Å²) in [5, 5.41) is 2.94. The van der Waals surface area contributed by atoms with Crippen LogP contribution in [-0.2, 0) is 25.5 Å². The van der Waals surface area contributed by atoms with Crippen molar-refractivity contribution < 1.29 is 19.1 Å². The number of nitrogens with zero attached hydrogens (tertiary/aromatic N) is 3. The highest BCUT2D eigenvalue weighted by molar-refractivity contribution is 7.99. The first-order chi connectivity index (χ1) is 20.0. The summed E-state index contributed by atoms with van der Waals surface area (Å²) in [7, 11) is 1.33. The number of nitrogens with one attached hydrogen (secondary N) is 1. The fraction of sp³-hybridized carbons (Fsp3) is 0.312. The molecule has 0 spiro atoms. The molecule has 2 aliphatic heterocycles. The van der Waals surface area contributed by atoms with Gasteiger partial charge in [-0.2, -0.15) is 0 Å². The molecule has 2 heterocycles. The first-order valence-electron chi connectivity index (χ1n) is 13.9. The Morgan fingerprint density at radius 1 is 0.878 bits per heavy atom. The molecule has 41 heavy (non-hydrogen) atoms. The van der Waals surface area contributed by atoms with Crippen molar-refractivity contribution in [3.05, 3.63) is 90.0 Å². The van der Waals surface area contributed by atoms with Crippen molar-refractivity contribution in [3.8, 4) is 0 Å². The number of amidine groups is 1. The van der Waals surface area contributed by atoms with Crippen LogP contribution in [0.3, 0.4) is 0 Å². The first-order valence-corrected chi connectivity index (χ1v) is 14.7. The molecule has 1 atom stereocenters. The molecule has 2 amide bonds. The molecule has 3 aromatic rings. The summed E-state index contributed by atoms with van der Waals surface area (Å²) in [6, 6.07) is 25.5. The molecule has 3 aromatic carbocycles. The first kappa shape index (κ1) is 28.4. The molecular formula is C32H34N4O4S. The molecule has 212 valence electrons. The van der Waals surface area contributed by atoms with Gasteiger partial charge in [0.1, 0.15) is 11.9 Å². The van der Waals surface area contributed by atoms with E-state index in [0.29, 0.717) is 39.0 Å². The molecule has 0 aromatic heterocycles. The van der Waals surface area contributed by atoms with E-state index in [9.17, 15) is 14.4 Å². The second-order valence-corrected chi connectivity index (χ2v) is 11.1. The second kappa shape index (κ2) is 13.5. The van der Waals surface area contributed by atoms with Crippen LogP contribution in [0.2, 0.25) is 0 Å². The number of para-hydroxylation sites is 1. The molecule has 0 saturated carbocycles. The molecule has 8 nitrogen and oxygen atoms in total. The van der Waals surface area contributed by atoms with E-state index in [4.69, 9.17) is 4.99 Å². The van der Waals surface area contributed by atoms with E-state index in [-0.39, 0.29) is 30.6 Å². The molecule has 1 fully saturated rings. The average Bonchev–Trinajstić information content (AvgIpc) is 3.18. The number of hydrogen-bond donors (Lipinski definition) is 1. The summed E-state index contributed by atoms with van der Waals surface area (Å²) >= 11 is 1.72. The minimum atomic E-state index is -0.686. The van der Waals surface area contributed by atoms with Gasteiger partial charge in [0.05, 0.1) is 12.8 Å². The lowest BCUT2D eigenvalue weighted by molar-refractivity contribution is -0.141. The summed E-state index contributed by atoms with van der Waals surface area (Å²) in [6.45, 7) is 2.32. The maximum Gasteiger partial charge on any atom is 0.305 e. The molecular weight excluding hydrogens is 536 g/mol. The van der Waals surface area contributed by atoms with Gasteiger partial charge in [0.2, 0.25) is 11.8 Å². The lowest BCUT2D eigenvalue weighted by atomic mass is 10.0. The standard InChI is InChI=1S/C32H34N4O4S/c1-40-30(38)17-9-16-29(37)33-26(22-23-10-3-2-4-11-23)32(39)36-20-18-35(19-21-36)31-24-12-5-7-14-27(24)41-28-15-8-6-13-25(28)34-31/h2-8,10-15,26H,9,16-22H2,1H3,(H,33,37). The van der Waals surface area contributed by atoms with E-state index in [0.717, 1.165) is 32.4 Å². The summed E-state index contributed by atoms with van der Waals surface area (Å²) in [6.07, 6.45) is 1.09. The monoisotopic (exact) mass is 570 g/mol. The Bertz CT molecular complexity index is 1420. The Labute approximate surface area is 244 Å². The van der Waals surface area contributed by atoms with Crippen LogP contribution in [0.25, 0.3) is 0 Å². The highest BCUT2D eigenvalue weighted by Crippen LogP contribution is 2.40. The van der Waals surface area contributed by atoms with Crippen molar-refractivity contribution in [2.75, 3.05) is 33.3 Å². The normalized spacial score (nSPS) is 15.1. The van der Waals surface area contributed by atoms with E-state index in [1.54, 1.807) is 11.8 Å². The smallest absolute Gasteiger partial charge is 0.305 e. The maximum atomic E-state index is 13.8. The largest absolute Gasteiger partial charge is 0.469 e. The lowest BCUT2D eigenvalue weighted by Crippen LogP contribution is -2.56. The molecule has 1 unspecified atom stereocenters. The lowest BCUT2D eigenvalue weighted by Gasteiger charge is -2.38. The van der Waals surface area contributed by atoms with E-state index in [1.807, 2.05) is 65.6 Å². The van der Waals surface area contributed by atoms with E-state index in [1.165, 1.54) is 7.11 Å². The predicted octanol–water partition coefficient (Wildman–Crippen LogP) is 4.44. The summed E-state index contributed by atoms with van der Waals surface area (Å²) < 4.78 is 4.66. The number of methoxy groups -OCH3 is 1. The maximum absolute atomic E-state index is 13.8. The Morgan fingerprint density at radius 2 is 1.56 bits per heavy atom. The number of fused-ring (bicyclic) bond motifs is 2. The SMILES string of the molecule is COC(=O)CCCC(=O)NC(Cc1ccccc1)C(=O)N1CCN(C2=Nc3ccccc3Sc3ccccc32)CC1. The quantitative estimate of drug-likeness (QED) is 0.403. The van der Waals surface area contributed by atoms with Crippen molar-refractivity contribution in [1.82, 2.24) is 15.1 Å². The van der Waals surface area contributed by atoms with Gasteiger partial charge in [-0.25, -0.2) is 4.99 Å². The van der Waals surface area contributed by atoms with Gasteiger partial charge in [-0.15, -0.1) is 0 Å². The third-order valence-electron chi connectivity index (χ3n) is 7.26.